The van der Waals surface area contributed by atoms with E-state index in [1.807, 2.05) is 11.8 Å². The molecule has 0 amide bonds. The van der Waals surface area contributed by atoms with Crippen LogP contribution in [-0.2, 0) is 9.53 Å². The van der Waals surface area contributed by atoms with Crippen LogP contribution in [0.25, 0.3) is 0 Å². The van der Waals surface area contributed by atoms with E-state index in [2.05, 4.69) is 13.8 Å². The first-order chi connectivity index (χ1) is 7.48. The highest BCUT2D eigenvalue weighted by Gasteiger charge is 2.40. The van der Waals surface area contributed by atoms with Crippen molar-refractivity contribution < 1.29 is 9.53 Å². The van der Waals surface area contributed by atoms with Gasteiger partial charge in [-0.15, -0.1) is 0 Å². The van der Waals surface area contributed by atoms with Crippen LogP contribution >= 0.6 is 11.8 Å². The van der Waals surface area contributed by atoms with E-state index in [9.17, 15) is 4.79 Å². The largest absolute Gasteiger partial charge is 0.468 e. The van der Waals surface area contributed by atoms with Gasteiger partial charge < -0.3 is 10.5 Å². The van der Waals surface area contributed by atoms with Gasteiger partial charge in [-0.05, 0) is 37.4 Å². The number of nitrogens with two attached hydrogens (primary N) is 1. The summed E-state index contributed by atoms with van der Waals surface area (Å²) in [5.74, 6) is 1.58. The van der Waals surface area contributed by atoms with E-state index >= 15 is 0 Å². The van der Waals surface area contributed by atoms with E-state index in [1.165, 1.54) is 13.5 Å². The number of carbonyl (C=O) groups is 1. The van der Waals surface area contributed by atoms with E-state index < -0.39 is 5.54 Å². The van der Waals surface area contributed by atoms with Crippen molar-refractivity contribution >= 4 is 17.7 Å². The van der Waals surface area contributed by atoms with Crippen molar-refractivity contribution in [3.05, 3.63) is 0 Å². The summed E-state index contributed by atoms with van der Waals surface area (Å²) in [4.78, 5) is 11.6. The maximum absolute atomic E-state index is 11.6. The minimum atomic E-state index is -0.734. The quantitative estimate of drug-likeness (QED) is 0.771. The van der Waals surface area contributed by atoms with E-state index in [4.69, 9.17) is 10.5 Å². The van der Waals surface area contributed by atoms with Gasteiger partial charge in [-0.3, -0.25) is 4.79 Å². The third kappa shape index (κ3) is 3.67. The minimum absolute atomic E-state index is 0.248. The van der Waals surface area contributed by atoms with Crippen LogP contribution in [0.2, 0.25) is 0 Å². The van der Waals surface area contributed by atoms with Crippen LogP contribution in [0, 0.1) is 5.92 Å². The average Bonchev–Trinajstić information content (AvgIpc) is 2.25. The average molecular weight is 245 g/mol. The fraction of sp³-hybridized carbons (Fsp3) is 0.917. The zero-order chi connectivity index (χ0) is 12.2. The summed E-state index contributed by atoms with van der Waals surface area (Å²) < 4.78 is 4.79. The van der Waals surface area contributed by atoms with Gasteiger partial charge in [0.25, 0.3) is 0 Å². The van der Waals surface area contributed by atoms with Gasteiger partial charge in [0.2, 0.25) is 0 Å². The topological polar surface area (TPSA) is 52.3 Å². The van der Waals surface area contributed by atoms with Crippen molar-refractivity contribution in [2.45, 2.75) is 50.3 Å². The molecule has 0 aromatic heterocycles. The zero-order valence-corrected chi connectivity index (χ0v) is 11.3. The number of thioether (sulfide) groups is 1. The van der Waals surface area contributed by atoms with Gasteiger partial charge in [-0.1, -0.05) is 13.8 Å². The Kier molecular flexibility index (Phi) is 5.12. The van der Waals surface area contributed by atoms with Crippen molar-refractivity contribution in [3.8, 4) is 0 Å². The minimum Gasteiger partial charge on any atom is -0.468 e. The summed E-state index contributed by atoms with van der Waals surface area (Å²) in [5, 5.41) is 0.514. The molecule has 4 heteroatoms. The van der Waals surface area contributed by atoms with Crippen LogP contribution in [-0.4, -0.2) is 29.6 Å². The second-order valence-corrected chi connectivity index (χ2v) is 6.43. The van der Waals surface area contributed by atoms with Gasteiger partial charge in [0.1, 0.15) is 5.54 Å². The number of hydrogen-bond donors (Lipinski definition) is 1. The Morgan fingerprint density at radius 2 is 2.31 bits per heavy atom. The van der Waals surface area contributed by atoms with E-state index in [1.54, 1.807) is 0 Å². The molecule has 1 aliphatic carbocycles. The zero-order valence-electron chi connectivity index (χ0n) is 10.5. The summed E-state index contributed by atoms with van der Waals surface area (Å²) in [6.07, 6.45) is 3.73. The molecule has 1 rings (SSSR count). The number of methoxy groups -OCH3 is 1. The van der Waals surface area contributed by atoms with Crippen LogP contribution in [0.5, 0.6) is 0 Å². The third-order valence-corrected chi connectivity index (χ3v) is 4.73. The Morgan fingerprint density at radius 3 is 2.88 bits per heavy atom. The van der Waals surface area contributed by atoms with Crippen molar-refractivity contribution in [1.29, 1.82) is 0 Å². The Labute approximate surface area is 102 Å². The molecule has 0 aliphatic heterocycles. The second-order valence-electron chi connectivity index (χ2n) is 5.09. The van der Waals surface area contributed by atoms with Crippen LogP contribution in [0.3, 0.4) is 0 Å². The van der Waals surface area contributed by atoms with Crippen LogP contribution in [0.15, 0.2) is 0 Å². The molecule has 1 aliphatic rings. The lowest BCUT2D eigenvalue weighted by Gasteiger charge is -2.35. The smallest absolute Gasteiger partial charge is 0.325 e. The Hall–Kier alpha value is -0.220. The summed E-state index contributed by atoms with van der Waals surface area (Å²) in [5.41, 5.74) is 5.39. The van der Waals surface area contributed by atoms with Gasteiger partial charge >= 0.3 is 5.97 Å². The van der Waals surface area contributed by atoms with Gasteiger partial charge in [0, 0.05) is 5.25 Å². The van der Waals surface area contributed by atoms with Crippen LogP contribution in [0.4, 0.5) is 0 Å². The lowest BCUT2D eigenvalue weighted by atomic mass is 9.82. The number of rotatable bonds is 4. The maximum atomic E-state index is 11.6. The third-order valence-electron chi connectivity index (χ3n) is 3.00. The predicted molar refractivity (Wildman–Crippen MR) is 68.5 cm³/mol. The summed E-state index contributed by atoms with van der Waals surface area (Å²) in [6.45, 7) is 4.43. The molecule has 0 bridgehead atoms. The first-order valence-corrected chi connectivity index (χ1v) is 7.01. The van der Waals surface area contributed by atoms with Gasteiger partial charge in [0.05, 0.1) is 7.11 Å². The SMILES string of the molecule is COC(=O)C1(N)CCCC(SCC(C)C)C1. The Morgan fingerprint density at radius 1 is 1.62 bits per heavy atom. The molecule has 94 valence electrons. The lowest BCUT2D eigenvalue weighted by Crippen LogP contribution is -2.52. The standard InChI is InChI=1S/C12H23NO2S/c1-9(2)8-16-10-5-4-6-12(13,7-10)11(14)15-3/h9-10H,4-8,13H2,1-3H3. The van der Waals surface area contributed by atoms with Crippen LogP contribution in [0.1, 0.15) is 39.5 Å². The van der Waals surface area contributed by atoms with Gasteiger partial charge in [0.15, 0.2) is 0 Å². The highest BCUT2D eigenvalue weighted by atomic mass is 32.2. The highest BCUT2D eigenvalue weighted by molar-refractivity contribution is 7.99. The molecule has 2 atom stereocenters. The maximum Gasteiger partial charge on any atom is 0.325 e. The fourth-order valence-electron chi connectivity index (χ4n) is 2.12. The predicted octanol–water partition coefficient (Wildman–Crippen LogP) is 2.19. The molecule has 2 N–H and O–H groups in total. The summed E-state index contributed by atoms with van der Waals surface area (Å²) >= 11 is 1.95. The molecule has 0 heterocycles. The Balaban J connectivity index is 2.49. The molecule has 0 aromatic carbocycles. The molecular weight excluding hydrogens is 222 g/mol. The fourth-order valence-corrected chi connectivity index (χ4v) is 3.52. The Bertz CT molecular complexity index is 245. The van der Waals surface area contributed by atoms with Gasteiger partial charge in [-0.25, -0.2) is 0 Å². The first kappa shape index (κ1) is 13.8. The van der Waals surface area contributed by atoms with E-state index in [0.29, 0.717) is 11.2 Å². The molecule has 16 heavy (non-hydrogen) atoms. The normalized spacial score (nSPS) is 30.4. The number of carbonyl (C=O) groups excluding carboxylic acids is 1. The number of esters is 1. The molecule has 0 spiro atoms. The van der Waals surface area contributed by atoms with Crippen molar-refractivity contribution in [2.24, 2.45) is 11.7 Å². The molecule has 0 saturated heterocycles. The number of ether oxygens (including phenoxy) is 1. The molecule has 3 nitrogen and oxygen atoms in total. The van der Waals surface area contributed by atoms with Crippen molar-refractivity contribution in [3.63, 3.8) is 0 Å². The van der Waals surface area contributed by atoms with E-state index in [-0.39, 0.29) is 5.97 Å². The molecule has 0 radical (unpaired) electrons. The van der Waals surface area contributed by atoms with Crippen molar-refractivity contribution in [2.75, 3.05) is 12.9 Å². The molecule has 1 fully saturated rings. The highest BCUT2D eigenvalue weighted by Crippen LogP contribution is 2.34. The van der Waals surface area contributed by atoms with Crippen molar-refractivity contribution in [1.82, 2.24) is 0 Å². The number of hydrogen-bond acceptors (Lipinski definition) is 4. The molecule has 0 aromatic rings. The monoisotopic (exact) mass is 245 g/mol. The van der Waals surface area contributed by atoms with Gasteiger partial charge in [-0.2, -0.15) is 11.8 Å². The second kappa shape index (κ2) is 5.92. The molecular formula is C12H23NO2S. The lowest BCUT2D eigenvalue weighted by molar-refractivity contribution is -0.148. The summed E-state index contributed by atoms with van der Waals surface area (Å²) in [6, 6.07) is 0. The first-order valence-electron chi connectivity index (χ1n) is 5.97. The van der Waals surface area contributed by atoms with Crippen LogP contribution < -0.4 is 5.73 Å². The summed E-state index contributed by atoms with van der Waals surface area (Å²) in [7, 11) is 1.42. The van der Waals surface area contributed by atoms with E-state index in [0.717, 1.165) is 25.0 Å². The molecule has 2 unspecified atom stereocenters. The molecule has 1 saturated carbocycles.